The Labute approximate surface area is 154 Å². The lowest BCUT2D eigenvalue weighted by Crippen LogP contribution is -2.41. The normalized spacial score (nSPS) is 12.3. The van der Waals surface area contributed by atoms with E-state index in [1.165, 1.54) is 7.11 Å². The van der Waals surface area contributed by atoms with Crippen molar-refractivity contribution in [1.82, 2.24) is 5.32 Å². The van der Waals surface area contributed by atoms with Crippen molar-refractivity contribution in [2.45, 2.75) is 12.8 Å². The molecule has 2 aromatic rings. The minimum atomic E-state index is -3.64. The molecule has 0 fully saturated rings. The highest BCUT2D eigenvalue weighted by molar-refractivity contribution is 7.92. The summed E-state index contributed by atoms with van der Waals surface area (Å²) in [5.41, 5.74) is 1.45. The Morgan fingerprint density at radius 1 is 1.12 bits per heavy atom. The van der Waals surface area contributed by atoms with Crippen LogP contribution in [-0.4, -0.2) is 40.8 Å². The number of carbonyl (C=O) groups excluding carboxylic acids is 1. The summed E-state index contributed by atoms with van der Waals surface area (Å²) in [7, 11) is -2.18. The molecule has 0 aliphatic carbocycles. The van der Waals surface area contributed by atoms with Gasteiger partial charge in [0.2, 0.25) is 15.9 Å². The number of amides is 1. The average molecular weight is 376 g/mol. The van der Waals surface area contributed by atoms with Crippen LogP contribution in [0.1, 0.15) is 18.4 Å². The first-order valence-corrected chi connectivity index (χ1v) is 10.1. The fourth-order valence-corrected chi connectivity index (χ4v) is 3.43. The molecule has 0 unspecified atom stereocenters. The van der Waals surface area contributed by atoms with Gasteiger partial charge >= 0.3 is 0 Å². The molecule has 0 spiro atoms. The monoisotopic (exact) mass is 376 g/mol. The van der Waals surface area contributed by atoms with Gasteiger partial charge in [0.05, 0.1) is 19.1 Å². The van der Waals surface area contributed by atoms with Crippen LogP contribution in [0.15, 0.2) is 54.6 Å². The van der Waals surface area contributed by atoms with E-state index in [0.717, 1.165) is 16.1 Å². The molecular formula is C19H24N2O4S. The molecule has 2 rings (SSSR count). The van der Waals surface area contributed by atoms with Gasteiger partial charge in [-0.2, -0.15) is 0 Å². The zero-order chi connectivity index (χ0) is 19.2. The number of methoxy groups -OCH3 is 1. The second kappa shape index (κ2) is 8.71. The number of ether oxygens (including phenoxy) is 1. The Balaban J connectivity index is 2.08. The SMILES string of the molecule is COc1ccccc1N(CC(=O)NC[C@@H](C)c1ccccc1)S(C)(=O)=O. The van der Waals surface area contributed by atoms with Crippen molar-refractivity contribution in [3.63, 3.8) is 0 Å². The van der Waals surface area contributed by atoms with Gasteiger partial charge < -0.3 is 10.1 Å². The van der Waals surface area contributed by atoms with Gasteiger partial charge in [0.15, 0.2) is 0 Å². The molecule has 0 bridgehead atoms. The lowest BCUT2D eigenvalue weighted by molar-refractivity contribution is -0.119. The van der Waals surface area contributed by atoms with Crippen molar-refractivity contribution in [2.24, 2.45) is 0 Å². The minimum Gasteiger partial charge on any atom is -0.495 e. The van der Waals surface area contributed by atoms with Gasteiger partial charge in [-0.3, -0.25) is 9.10 Å². The van der Waals surface area contributed by atoms with E-state index in [9.17, 15) is 13.2 Å². The first-order valence-electron chi connectivity index (χ1n) is 8.25. The number of rotatable bonds is 8. The van der Waals surface area contributed by atoms with Gasteiger partial charge in [-0.15, -0.1) is 0 Å². The van der Waals surface area contributed by atoms with E-state index >= 15 is 0 Å². The number of benzene rings is 2. The number of hydrogen-bond donors (Lipinski definition) is 1. The Bertz CT molecular complexity index is 838. The molecule has 0 aliphatic heterocycles. The molecule has 0 saturated heterocycles. The summed E-state index contributed by atoms with van der Waals surface area (Å²) in [6.07, 6.45) is 1.07. The van der Waals surface area contributed by atoms with Crippen molar-refractivity contribution < 1.29 is 17.9 Å². The van der Waals surface area contributed by atoms with E-state index in [1.807, 2.05) is 37.3 Å². The summed E-state index contributed by atoms with van der Waals surface area (Å²) >= 11 is 0. The number of hydrogen-bond acceptors (Lipinski definition) is 4. The highest BCUT2D eigenvalue weighted by Gasteiger charge is 2.23. The van der Waals surface area contributed by atoms with Crippen molar-refractivity contribution >= 4 is 21.6 Å². The highest BCUT2D eigenvalue weighted by atomic mass is 32.2. The molecular weight excluding hydrogens is 352 g/mol. The Morgan fingerprint density at radius 3 is 2.35 bits per heavy atom. The number of sulfonamides is 1. The average Bonchev–Trinajstić information content (AvgIpc) is 2.64. The molecule has 140 valence electrons. The molecule has 2 aromatic carbocycles. The number of nitrogens with one attached hydrogen (secondary N) is 1. The van der Waals surface area contributed by atoms with Crippen LogP contribution >= 0.6 is 0 Å². The first kappa shape index (κ1) is 19.8. The second-order valence-corrected chi connectivity index (χ2v) is 7.96. The first-order chi connectivity index (χ1) is 12.3. The molecule has 1 amide bonds. The lowest BCUT2D eigenvalue weighted by atomic mass is 10.0. The topological polar surface area (TPSA) is 75.7 Å². The minimum absolute atomic E-state index is 0.123. The smallest absolute Gasteiger partial charge is 0.240 e. The summed E-state index contributed by atoms with van der Waals surface area (Å²) in [6.45, 7) is 2.12. The van der Waals surface area contributed by atoms with Crippen LogP contribution in [0.5, 0.6) is 5.75 Å². The maximum atomic E-state index is 12.4. The standard InChI is InChI=1S/C19H24N2O4S/c1-15(16-9-5-4-6-10-16)13-20-19(22)14-21(26(3,23)24)17-11-7-8-12-18(17)25-2/h4-12,15H,13-14H2,1-3H3,(H,20,22)/t15-/m1/s1. The molecule has 0 heterocycles. The Kier molecular flexibility index (Phi) is 6.63. The summed E-state index contributed by atoms with van der Waals surface area (Å²) < 4.78 is 30.6. The van der Waals surface area contributed by atoms with Crippen LogP contribution in [0.2, 0.25) is 0 Å². The van der Waals surface area contributed by atoms with E-state index in [-0.39, 0.29) is 18.4 Å². The van der Waals surface area contributed by atoms with Gasteiger partial charge in [-0.1, -0.05) is 49.4 Å². The van der Waals surface area contributed by atoms with Gasteiger partial charge in [0, 0.05) is 6.54 Å². The fourth-order valence-electron chi connectivity index (χ4n) is 2.57. The molecule has 1 N–H and O–H groups in total. The third-order valence-corrected chi connectivity index (χ3v) is 5.14. The summed E-state index contributed by atoms with van der Waals surface area (Å²) in [5, 5.41) is 2.80. The van der Waals surface area contributed by atoms with Gasteiger partial charge in [0.25, 0.3) is 0 Å². The van der Waals surface area contributed by atoms with Crippen LogP contribution in [0.3, 0.4) is 0 Å². The van der Waals surface area contributed by atoms with Gasteiger partial charge in [-0.05, 0) is 23.6 Å². The van der Waals surface area contributed by atoms with Gasteiger partial charge in [-0.25, -0.2) is 8.42 Å². The molecule has 0 saturated carbocycles. The van der Waals surface area contributed by atoms with Crippen molar-refractivity contribution in [3.05, 3.63) is 60.2 Å². The number of para-hydroxylation sites is 2. The van der Waals surface area contributed by atoms with Crippen molar-refractivity contribution in [2.75, 3.05) is 30.8 Å². The number of nitrogens with zero attached hydrogens (tertiary/aromatic N) is 1. The fraction of sp³-hybridized carbons (Fsp3) is 0.316. The highest BCUT2D eigenvalue weighted by Crippen LogP contribution is 2.29. The van der Waals surface area contributed by atoms with Crippen molar-refractivity contribution in [1.29, 1.82) is 0 Å². The van der Waals surface area contributed by atoms with Crippen LogP contribution in [0.4, 0.5) is 5.69 Å². The quantitative estimate of drug-likeness (QED) is 0.767. The van der Waals surface area contributed by atoms with Crippen LogP contribution in [-0.2, 0) is 14.8 Å². The van der Waals surface area contributed by atoms with E-state index in [0.29, 0.717) is 18.0 Å². The summed E-state index contributed by atoms with van der Waals surface area (Å²) in [6, 6.07) is 16.5. The zero-order valence-corrected chi connectivity index (χ0v) is 16.0. The second-order valence-electron chi connectivity index (χ2n) is 6.06. The largest absolute Gasteiger partial charge is 0.495 e. The number of anilines is 1. The van der Waals surface area contributed by atoms with E-state index in [2.05, 4.69) is 5.32 Å². The molecule has 6 nitrogen and oxygen atoms in total. The maximum Gasteiger partial charge on any atom is 0.240 e. The predicted molar refractivity (Wildman–Crippen MR) is 103 cm³/mol. The maximum absolute atomic E-state index is 12.4. The summed E-state index contributed by atoms with van der Waals surface area (Å²) in [5.74, 6) is 0.144. The molecule has 0 aromatic heterocycles. The number of carbonyl (C=O) groups is 1. The predicted octanol–water partition coefficient (Wildman–Crippen LogP) is 2.38. The molecule has 0 radical (unpaired) electrons. The molecule has 0 aliphatic rings. The third-order valence-electron chi connectivity index (χ3n) is 4.02. The van der Waals surface area contributed by atoms with Crippen molar-refractivity contribution in [3.8, 4) is 5.75 Å². The van der Waals surface area contributed by atoms with Gasteiger partial charge in [0.1, 0.15) is 12.3 Å². The van der Waals surface area contributed by atoms with Crippen LogP contribution in [0, 0.1) is 0 Å². The van der Waals surface area contributed by atoms with Crippen LogP contribution < -0.4 is 14.4 Å². The van der Waals surface area contributed by atoms with Crippen LogP contribution in [0.25, 0.3) is 0 Å². The molecule has 1 atom stereocenters. The third kappa shape index (κ3) is 5.23. The Morgan fingerprint density at radius 2 is 1.73 bits per heavy atom. The lowest BCUT2D eigenvalue weighted by Gasteiger charge is -2.24. The molecule has 7 heteroatoms. The van der Waals surface area contributed by atoms with E-state index in [4.69, 9.17) is 4.74 Å². The molecule has 26 heavy (non-hydrogen) atoms. The zero-order valence-electron chi connectivity index (χ0n) is 15.2. The summed E-state index contributed by atoms with van der Waals surface area (Å²) in [4.78, 5) is 12.4. The Hall–Kier alpha value is -2.54. The van der Waals surface area contributed by atoms with E-state index in [1.54, 1.807) is 24.3 Å². The van der Waals surface area contributed by atoms with E-state index < -0.39 is 10.0 Å².